The summed E-state index contributed by atoms with van der Waals surface area (Å²) in [5, 5.41) is 4.95. The van der Waals surface area contributed by atoms with Crippen molar-refractivity contribution in [3.05, 3.63) is 578 Å². The van der Waals surface area contributed by atoms with Gasteiger partial charge in [-0.05, 0) is 233 Å². The minimum absolute atomic E-state index is 0.441. The summed E-state index contributed by atoms with van der Waals surface area (Å²) in [6.45, 7) is 0. The molecule has 21 aromatic carbocycles. The van der Waals surface area contributed by atoms with Crippen molar-refractivity contribution in [2.45, 2.75) is 10.8 Å². The van der Waals surface area contributed by atoms with E-state index in [4.69, 9.17) is 0 Å². The lowest BCUT2D eigenvalue weighted by Gasteiger charge is -2.33. The van der Waals surface area contributed by atoms with Crippen molar-refractivity contribution < 1.29 is 0 Å². The number of fused-ring (bicyclic) bond motifs is 12. The Bertz CT molecular complexity index is 8110. The summed E-state index contributed by atoms with van der Waals surface area (Å²) in [6, 6.07) is 195. The second kappa shape index (κ2) is 33.2. The molecule has 0 radical (unpaired) electrons. The van der Waals surface area contributed by atoms with Crippen LogP contribution in [0.4, 0.5) is 34.1 Å². The molecule has 2 aliphatic rings. The first kappa shape index (κ1) is 78.3. The third-order valence-corrected chi connectivity index (χ3v) is 27.3. The Morgan fingerprint density at radius 1 is 0.152 bits per heavy atom. The highest BCUT2D eigenvalue weighted by molar-refractivity contribution is 6.12. The Kier molecular flexibility index (Phi) is 19.7. The molecular weight excluding hydrogens is 1590 g/mol. The van der Waals surface area contributed by atoms with Gasteiger partial charge in [-0.15, -0.1) is 0 Å². The topological polar surface area (TPSA) is 16.3 Å². The van der Waals surface area contributed by atoms with Gasteiger partial charge >= 0.3 is 0 Å². The van der Waals surface area contributed by atoms with Crippen LogP contribution in [0.2, 0.25) is 0 Å². The third-order valence-electron chi connectivity index (χ3n) is 27.3. The summed E-state index contributed by atoms with van der Waals surface area (Å²) in [7, 11) is 0. The van der Waals surface area contributed by atoms with Crippen LogP contribution in [0.3, 0.4) is 0 Å². The van der Waals surface area contributed by atoms with E-state index >= 15 is 0 Å². The smallest absolute Gasteiger partial charge is 0.0713 e. The van der Waals surface area contributed by atoms with E-state index in [2.05, 4.69) is 553 Å². The van der Waals surface area contributed by atoms with Crippen LogP contribution in [0.5, 0.6) is 0 Å². The van der Waals surface area contributed by atoms with Crippen LogP contribution < -0.4 is 9.80 Å². The molecule has 0 spiro atoms. The third kappa shape index (κ3) is 13.2. The van der Waals surface area contributed by atoms with Crippen LogP contribution in [-0.4, -0.2) is 9.13 Å². The highest BCUT2D eigenvalue weighted by atomic mass is 15.2. The van der Waals surface area contributed by atoms with Crippen molar-refractivity contribution in [3.8, 4) is 89.3 Å². The number of hydrogen-bond donors (Lipinski definition) is 0. The molecule has 23 aromatic rings. The van der Waals surface area contributed by atoms with Gasteiger partial charge in [0.2, 0.25) is 0 Å². The van der Waals surface area contributed by atoms with Gasteiger partial charge in [0.25, 0.3) is 0 Å². The average Bonchev–Trinajstić information content (AvgIpc) is 1.54. The van der Waals surface area contributed by atoms with Gasteiger partial charge in [-0.2, -0.15) is 0 Å². The molecular formula is C128H88N4. The van der Waals surface area contributed by atoms with Crippen LogP contribution in [0, 0.1) is 0 Å². The zero-order valence-electron chi connectivity index (χ0n) is 72.6. The number of benzene rings is 21. The van der Waals surface area contributed by atoms with Crippen molar-refractivity contribution >= 4 is 77.7 Å². The largest absolute Gasteiger partial charge is 0.310 e. The summed E-state index contributed by atoms with van der Waals surface area (Å²) < 4.78 is 4.95. The first-order valence-corrected chi connectivity index (χ1v) is 45.6. The van der Waals surface area contributed by atoms with Crippen molar-refractivity contribution in [2.75, 3.05) is 9.80 Å². The van der Waals surface area contributed by atoms with E-state index in [1.54, 1.807) is 0 Å². The number of hydrogen-bond acceptors (Lipinski definition) is 2. The molecule has 4 nitrogen and oxygen atoms in total. The Hall–Kier alpha value is -17.2. The van der Waals surface area contributed by atoms with Gasteiger partial charge in [0.15, 0.2) is 0 Å². The van der Waals surface area contributed by atoms with Gasteiger partial charge in [-0.1, -0.05) is 413 Å². The first-order chi connectivity index (χ1) is 65.5. The molecule has 2 aromatic heterocycles. The van der Waals surface area contributed by atoms with E-state index in [1.807, 2.05) is 0 Å². The second-order valence-corrected chi connectivity index (χ2v) is 34.5. The van der Waals surface area contributed by atoms with E-state index in [1.165, 1.54) is 149 Å². The van der Waals surface area contributed by atoms with Gasteiger partial charge in [0.05, 0.1) is 44.3 Å². The highest BCUT2D eigenvalue weighted by Gasteiger charge is 2.48. The van der Waals surface area contributed by atoms with Crippen molar-refractivity contribution in [1.29, 1.82) is 0 Å². The average molecular weight is 1680 g/mol. The molecule has 0 fully saturated rings. The minimum Gasteiger partial charge on any atom is -0.310 e. The van der Waals surface area contributed by atoms with E-state index in [0.717, 1.165) is 62.2 Å². The molecule has 0 amide bonds. The normalized spacial score (nSPS) is 12.5. The van der Waals surface area contributed by atoms with Gasteiger partial charge in [0.1, 0.15) is 0 Å². The predicted molar refractivity (Wildman–Crippen MR) is 553 cm³/mol. The lowest BCUT2D eigenvalue weighted by atomic mass is 9.68. The van der Waals surface area contributed by atoms with Gasteiger partial charge < -0.3 is 18.9 Å². The molecule has 0 saturated heterocycles. The zero-order valence-corrected chi connectivity index (χ0v) is 72.6. The fourth-order valence-electron chi connectivity index (χ4n) is 21.6. The number of para-hydroxylation sites is 7. The molecule has 0 aliphatic heterocycles. The lowest BCUT2D eigenvalue weighted by molar-refractivity contribution is 0.768. The Morgan fingerprint density at radius 2 is 0.424 bits per heavy atom. The molecule has 0 atom stereocenters. The molecule has 4 heteroatoms. The summed E-state index contributed by atoms with van der Waals surface area (Å²) >= 11 is 0. The maximum atomic E-state index is 2.47. The molecule has 0 bridgehead atoms. The lowest BCUT2D eigenvalue weighted by Crippen LogP contribution is -2.28. The number of rotatable bonds is 17. The molecule has 2 heterocycles. The number of anilines is 6. The summed E-state index contributed by atoms with van der Waals surface area (Å²) in [4.78, 5) is 4.73. The quantitative estimate of drug-likeness (QED) is 0.0903. The molecule has 2 aliphatic carbocycles. The molecule has 620 valence electrons. The fourth-order valence-corrected chi connectivity index (χ4v) is 21.6. The van der Waals surface area contributed by atoms with Crippen molar-refractivity contribution in [3.63, 3.8) is 0 Å². The van der Waals surface area contributed by atoms with E-state index in [9.17, 15) is 0 Å². The molecule has 25 rings (SSSR count). The minimum atomic E-state index is -0.449. The van der Waals surface area contributed by atoms with Crippen LogP contribution in [0.25, 0.3) is 133 Å². The van der Waals surface area contributed by atoms with E-state index < -0.39 is 10.8 Å². The van der Waals surface area contributed by atoms with Crippen LogP contribution >= 0.6 is 0 Å². The molecule has 0 N–H and O–H groups in total. The fraction of sp³-hybridized carbons (Fsp3) is 0.0156. The maximum absolute atomic E-state index is 2.47. The van der Waals surface area contributed by atoms with E-state index in [0.29, 0.717) is 0 Å². The summed E-state index contributed by atoms with van der Waals surface area (Å²) in [5.41, 5.74) is 40.0. The van der Waals surface area contributed by atoms with Crippen LogP contribution in [0.1, 0.15) is 44.5 Å². The van der Waals surface area contributed by atoms with Gasteiger partial charge in [0, 0.05) is 66.8 Å². The standard InChI is InChI=1S/C67H46N2.C61H42N2/c1-5-20-47(21-6-1)48-36-39-55(40-37-48)68(54-28-11-4-12-29-54)64-34-17-14-30-57(64)51-23-19-22-49(44-51)50-38-42-60-59-32-15-18-35-65(59)69(66(60)45-50)56-41-43-63-61(46-56)58-31-13-16-33-62(58)67(63,52-24-7-2-8-25-52)53-26-9-3-10-27-53;1-5-22-46(23-6-1)61(47-24-7-2-8-25-47)56-33-16-13-31-52(56)55-42-50(37-39-57(55)61)63-59-35-18-15-32-53(59)54-38-36-44(41-60(54)63)43-20-19-21-45(40-43)51-30-14-17-34-58(51)62(48-26-9-3-10-27-48)49-28-11-4-12-29-49/h1-46H;1-42H. The number of aromatic nitrogens is 2. The van der Waals surface area contributed by atoms with Crippen LogP contribution in [0.15, 0.2) is 534 Å². The SMILES string of the molecule is c1ccc(-c2ccc(N(c3ccccc3)c3ccccc3-c3cccc(-c4ccc5c6ccccc6n(-c6ccc7c(c6)-c6ccccc6C7(c6ccccc6)c6ccccc6)c5c4)c3)cc2)cc1.c1ccc(N(c2ccccc2)c2ccccc2-c2cccc(-c3ccc4c5ccccc5n(-c5ccc6c(c5)-c5ccccc5C6(c5ccccc5)c5ccccc5)c4c3)c2)cc1. The maximum Gasteiger partial charge on any atom is 0.0713 e. The molecule has 0 unspecified atom stereocenters. The zero-order chi connectivity index (χ0) is 87.5. The first-order valence-electron chi connectivity index (χ1n) is 45.6. The number of nitrogens with zero attached hydrogens (tertiary/aromatic N) is 4. The Labute approximate surface area is 769 Å². The Balaban J connectivity index is 0.000000146. The van der Waals surface area contributed by atoms with Crippen molar-refractivity contribution in [1.82, 2.24) is 9.13 Å². The monoisotopic (exact) mass is 1680 g/mol. The van der Waals surface area contributed by atoms with E-state index in [-0.39, 0.29) is 0 Å². The molecule has 132 heavy (non-hydrogen) atoms. The second-order valence-electron chi connectivity index (χ2n) is 34.5. The van der Waals surface area contributed by atoms with Gasteiger partial charge in [-0.25, -0.2) is 0 Å². The summed E-state index contributed by atoms with van der Waals surface area (Å²) in [6.07, 6.45) is 0. The Morgan fingerprint density at radius 3 is 0.818 bits per heavy atom. The van der Waals surface area contributed by atoms with Crippen molar-refractivity contribution in [2.24, 2.45) is 0 Å². The molecule has 0 saturated carbocycles. The van der Waals surface area contributed by atoms with Crippen LogP contribution in [-0.2, 0) is 10.8 Å². The summed E-state index contributed by atoms with van der Waals surface area (Å²) in [5.74, 6) is 0. The highest BCUT2D eigenvalue weighted by Crippen LogP contribution is 2.59. The van der Waals surface area contributed by atoms with Gasteiger partial charge in [-0.3, -0.25) is 0 Å². The predicted octanol–water partition coefficient (Wildman–Crippen LogP) is 33.6.